The molecule has 3 heterocycles. The van der Waals surface area contributed by atoms with Gasteiger partial charge in [0.15, 0.2) is 5.65 Å². The fourth-order valence-corrected chi connectivity index (χ4v) is 4.03. The summed E-state index contributed by atoms with van der Waals surface area (Å²) in [5, 5.41) is 16.9. The molecule has 4 rings (SSSR count). The number of hydrogen-bond donors (Lipinski definition) is 0. The van der Waals surface area contributed by atoms with Gasteiger partial charge in [0.2, 0.25) is 5.82 Å². The van der Waals surface area contributed by atoms with E-state index in [0.717, 1.165) is 6.07 Å². The zero-order valence-electron chi connectivity index (χ0n) is 16.2. The van der Waals surface area contributed by atoms with Crippen molar-refractivity contribution in [2.45, 2.75) is 31.4 Å². The number of fused-ring (bicyclic) bond motifs is 1. The molecule has 2 aromatic heterocycles. The first-order chi connectivity index (χ1) is 14.8. The number of likely N-dealkylation sites (tertiary alicyclic amines) is 1. The molecule has 1 aromatic carbocycles. The number of nitrogens with zero attached hydrogens (tertiary/aromatic N) is 5. The van der Waals surface area contributed by atoms with Crippen LogP contribution in [0.1, 0.15) is 52.5 Å². The van der Waals surface area contributed by atoms with Crippen molar-refractivity contribution in [1.82, 2.24) is 19.5 Å². The third-order valence-corrected chi connectivity index (χ3v) is 5.51. The predicted molar refractivity (Wildman–Crippen MR) is 102 cm³/mol. The Bertz CT molecular complexity index is 1180. The number of pyridine rings is 1. The highest BCUT2D eigenvalue weighted by molar-refractivity contribution is 5.91. The summed E-state index contributed by atoms with van der Waals surface area (Å²) in [6, 6.07) is 8.52. The van der Waals surface area contributed by atoms with Crippen LogP contribution in [0.5, 0.6) is 0 Å². The van der Waals surface area contributed by atoms with Gasteiger partial charge < -0.3 is 4.90 Å². The van der Waals surface area contributed by atoms with Crippen molar-refractivity contribution in [3.63, 3.8) is 0 Å². The van der Waals surface area contributed by atoms with Crippen LogP contribution in [-0.4, -0.2) is 38.5 Å². The van der Waals surface area contributed by atoms with Gasteiger partial charge >= 0.3 is 6.18 Å². The zero-order chi connectivity index (χ0) is 22.2. The zero-order valence-corrected chi connectivity index (χ0v) is 16.2. The Morgan fingerprint density at radius 1 is 1.13 bits per heavy atom. The summed E-state index contributed by atoms with van der Waals surface area (Å²) < 4.78 is 55.7. The van der Waals surface area contributed by atoms with E-state index in [2.05, 4.69) is 10.2 Å². The quantitative estimate of drug-likeness (QED) is 0.571. The van der Waals surface area contributed by atoms with Crippen LogP contribution in [0, 0.1) is 17.1 Å². The number of carbonyl (C=O) groups excluding carboxylic acids is 1. The maximum Gasteiger partial charge on any atom is 0.419 e. The van der Waals surface area contributed by atoms with Crippen LogP contribution in [0.2, 0.25) is 0 Å². The molecule has 1 saturated heterocycles. The van der Waals surface area contributed by atoms with E-state index in [9.17, 15) is 22.4 Å². The summed E-state index contributed by atoms with van der Waals surface area (Å²) in [5.74, 6) is -2.19. The Labute approximate surface area is 174 Å². The molecule has 0 bridgehead atoms. The number of amides is 1. The summed E-state index contributed by atoms with van der Waals surface area (Å²) >= 11 is 0. The highest BCUT2D eigenvalue weighted by Gasteiger charge is 2.39. The number of benzene rings is 1. The van der Waals surface area contributed by atoms with Gasteiger partial charge in [0.25, 0.3) is 5.91 Å². The summed E-state index contributed by atoms with van der Waals surface area (Å²) in [6.07, 6.45) is -2.20. The van der Waals surface area contributed by atoms with E-state index in [4.69, 9.17) is 5.26 Å². The molecule has 0 aliphatic carbocycles. The van der Waals surface area contributed by atoms with Crippen LogP contribution < -0.4 is 0 Å². The first kappa shape index (κ1) is 20.8. The van der Waals surface area contributed by atoms with Crippen LogP contribution in [-0.2, 0) is 6.18 Å². The number of alkyl halides is 3. The van der Waals surface area contributed by atoms with Crippen molar-refractivity contribution in [2.75, 3.05) is 13.1 Å². The van der Waals surface area contributed by atoms with Gasteiger partial charge in [-0.2, -0.15) is 18.4 Å². The number of nitriles is 1. The molecule has 0 saturated carbocycles. The molecule has 1 aliphatic heterocycles. The maximum absolute atomic E-state index is 14.0. The number of carbonyl (C=O) groups is 1. The van der Waals surface area contributed by atoms with Gasteiger partial charge in [0.1, 0.15) is 11.9 Å². The molecule has 0 spiro atoms. The fraction of sp³-hybridized carbons (Fsp3) is 0.333. The van der Waals surface area contributed by atoms with Gasteiger partial charge in [-0.05, 0) is 48.9 Å². The molecule has 1 amide bonds. The molecule has 31 heavy (non-hydrogen) atoms. The normalized spacial score (nSPS) is 17.4. The first-order valence-corrected chi connectivity index (χ1v) is 9.69. The van der Waals surface area contributed by atoms with Crippen LogP contribution in [0.3, 0.4) is 0 Å². The van der Waals surface area contributed by atoms with Crippen molar-refractivity contribution in [1.29, 1.82) is 5.26 Å². The maximum atomic E-state index is 14.0. The predicted octanol–water partition coefficient (Wildman–Crippen LogP) is 4.17. The molecule has 160 valence electrons. The van der Waals surface area contributed by atoms with E-state index < -0.39 is 29.4 Å². The minimum absolute atomic E-state index is 0.0345. The van der Waals surface area contributed by atoms with Crippen LogP contribution >= 0.6 is 0 Å². The molecular formula is C21H17F4N5O. The third kappa shape index (κ3) is 3.95. The summed E-state index contributed by atoms with van der Waals surface area (Å²) in [6.45, 7) is 0.531. The van der Waals surface area contributed by atoms with Gasteiger partial charge in [0, 0.05) is 19.3 Å². The van der Waals surface area contributed by atoms with Crippen LogP contribution in [0.15, 0.2) is 36.5 Å². The minimum Gasteiger partial charge on any atom is -0.336 e. The lowest BCUT2D eigenvalue weighted by Gasteiger charge is -2.22. The van der Waals surface area contributed by atoms with Crippen LogP contribution in [0.25, 0.3) is 5.65 Å². The van der Waals surface area contributed by atoms with E-state index in [1.165, 1.54) is 27.6 Å². The Morgan fingerprint density at radius 2 is 1.94 bits per heavy atom. The molecular weight excluding hydrogens is 414 g/mol. The van der Waals surface area contributed by atoms with Gasteiger partial charge in [-0.25, -0.2) is 4.39 Å². The molecule has 1 unspecified atom stereocenters. The molecule has 0 N–H and O–H groups in total. The summed E-state index contributed by atoms with van der Waals surface area (Å²) in [4.78, 5) is 14.5. The molecule has 1 atom stereocenters. The Balaban J connectivity index is 1.58. The van der Waals surface area contributed by atoms with E-state index >= 15 is 0 Å². The van der Waals surface area contributed by atoms with Crippen LogP contribution in [0.4, 0.5) is 17.6 Å². The average Bonchev–Trinajstić information content (AvgIpc) is 2.99. The smallest absolute Gasteiger partial charge is 0.336 e. The fourth-order valence-electron chi connectivity index (χ4n) is 4.03. The number of aromatic nitrogens is 3. The topological polar surface area (TPSA) is 74.3 Å². The average molecular weight is 431 g/mol. The molecule has 10 heteroatoms. The van der Waals surface area contributed by atoms with E-state index in [0.29, 0.717) is 30.6 Å². The number of rotatable bonds is 2. The lowest BCUT2D eigenvalue weighted by molar-refractivity contribution is -0.140. The lowest BCUT2D eigenvalue weighted by atomic mass is 9.88. The monoisotopic (exact) mass is 431 g/mol. The summed E-state index contributed by atoms with van der Waals surface area (Å²) in [5.41, 5.74) is -0.562. The van der Waals surface area contributed by atoms with Crippen molar-refractivity contribution < 1.29 is 22.4 Å². The van der Waals surface area contributed by atoms with Gasteiger partial charge in [0.05, 0.1) is 11.1 Å². The van der Waals surface area contributed by atoms with Gasteiger partial charge in [-0.15, -0.1) is 10.2 Å². The SMILES string of the molecule is N#Cc1ccc2nnc(C(=O)N3CCCC(c4cccc(F)c4C(F)(F)F)CC3)n2c1. The Hall–Kier alpha value is -3.48. The van der Waals surface area contributed by atoms with E-state index in [1.807, 2.05) is 6.07 Å². The highest BCUT2D eigenvalue weighted by atomic mass is 19.4. The number of halogens is 4. The largest absolute Gasteiger partial charge is 0.419 e. The first-order valence-electron chi connectivity index (χ1n) is 9.69. The Kier molecular flexibility index (Phi) is 5.35. The summed E-state index contributed by atoms with van der Waals surface area (Å²) in [7, 11) is 0. The standard InChI is InChI=1S/C21H17F4N5O/c22-16-5-1-4-15(18(16)21(23,24)25)14-3-2-9-29(10-8-14)20(31)19-28-27-17-7-6-13(11-26)12-30(17)19/h1,4-7,12,14H,2-3,8-10H2. The van der Waals surface area contributed by atoms with Crippen molar-refractivity contribution in [2.24, 2.45) is 0 Å². The molecule has 1 fully saturated rings. The van der Waals surface area contributed by atoms with Crippen molar-refractivity contribution in [3.05, 3.63) is 64.9 Å². The second kappa shape index (κ2) is 7.98. The molecule has 0 radical (unpaired) electrons. The lowest BCUT2D eigenvalue weighted by Crippen LogP contribution is -2.33. The second-order valence-electron chi connectivity index (χ2n) is 7.40. The second-order valence-corrected chi connectivity index (χ2v) is 7.40. The number of hydrogen-bond acceptors (Lipinski definition) is 4. The molecule has 6 nitrogen and oxygen atoms in total. The third-order valence-electron chi connectivity index (χ3n) is 5.51. The van der Waals surface area contributed by atoms with E-state index in [1.54, 1.807) is 12.1 Å². The van der Waals surface area contributed by atoms with Gasteiger partial charge in [-0.3, -0.25) is 9.20 Å². The van der Waals surface area contributed by atoms with Crippen molar-refractivity contribution in [3.8, 4) is 6.07 Å². The van der Waals surface area contributed by atoms with E-state index in [-0.39, 0.29) is 24.4 Å². The molecule has 3 aromatic rings. The van der Waals surface area contributed by atoms with Gasteiger partial charge in [-0.1, -0.05) is 12.1 Å². The Morgan fingerprint density at radius 3 is 2.68 bits per heavy atom. The minimum atomic E-state index is -4.79. The highest BCUT2D eigenvalue weighted by Crippen LogP contribution is 2.40. The molecule has 1 aliphatic rings. The van der Waals surface area contributed by atoms with Crippen molar-refractivity contribution >= 4 is 11.6 Å².